The van der Waals surface area contributed by atoms with Gasteiger partial charge in [0.05, 0.1) is 6.10 Å². The Hall–Kier alpha value is -1.86. The van der Waals surface area contributed by atoms with Crippen molar-refractivity contribution in [3.05, 3.63) is 67.1 Å². The number of hydrogen-bond acceptors (Lipinski definition) is 1. The molecule has 83 valence electrons. The second-order valence-corrected chi connectivity index (χ2v) is 4.32. The third-order valence-electron chi connectivity index (χ3n) is 3.11. The molecule has 1 N–H and O–H groups in total. The van der Waals surface area contributed by atoms with Gasteiger partial charge >= 0.3 is 0 Å². The maximum Gasteiger partial charge on any atom is 0.0791 e. The largest absolute Gasteiger partial charge is 0.388 e. The van der Waals surface area contributed by atoms with E-state index in [1.54, 1.807) is 0 Å². The average molecular weight is 221 g/mol. The van der Waals surface area contributed by atoms with E-state index in [1.807, 2.05) is 30.3 Å². The first-order chi connectivity index (χ1) is 8.24. The zero-order valence-electron chi connectivity index (χ0n) is 9.43. The van der Waals surface area contributed by atoms with Gasteiger partial charge in [-0.2, -0.15) is 0 Å². The van der Waals surface area contributed by atoms with E-state index in [0.29, 0.717) is 0 Å². The van der Waals surface area contributed by atoms with Crippen molar-refractivity contribution in [2.24, 2.45) is 0 Å². The summed E-state index contributed by atoms with van der Waals surface area (Å²) in [4.78, 5) is 0. The minimum Gasteiger partial charge on any atom is -0.388 e. The van der Waals surface area contributed by atoms with Gasteiger partial charge in [0.15, 0.2) is 0 Å². The van der Waals surface area contributed by atoms with Gasteiger partial charge in [-0.3, -0.25) is 0 Å². The number of rotatable bonds is 1. The van der Waals surface area contributed by atoms with Gasteiger partial charge in [0.25, 0.3) is 0 Å². The normalized spacial score (nSPS) is 13.1. The Balaban J connectivity index is 2.32. The van der Waals surface area contributed by atoms with Crippen molar-refractivity contribution in [3.8, 4) is 0 Å². The molecule has 1 nitrogen and oxygen atoms in total. The lowest BCUT2D eigenvalue weighted by molar-refractivity contribution is 0.226. The Labute approximate surface area is 100 Å². The fourth-order valence-electron chi connectivity index (χ4n) is 2.17. The molecule has 0 spiro atoms. The molecule has 1 unspecified atom stereocenters. The molecular formula is C16H13O. The van der Waals surface area contributed by atoms with Gasteiger partial charge in [0.2, 0.25) is 0 Å². The van der Waals surface area contributed by atoms with E-state index in [1.165, 1.54) is 16.2 Å². The lowest BCUT2D eigenvalue weighted by Crippen LogP contribution is -1.90. The zero-order valence-corrected chi connectivity index (χ0v) is 9.43. The Kier molecular flexibility index (Phi) is 2.34. The molecule has 3 rings (SSSR count). The molecule has 0 bridgehead atoms. The summed E-state index contributed by atoms with van der Waals surface area (Å²) in [6.45, 7) is 3.63. The lowest BCUT2D eigenvalue weighted by atomic mass is 10.0. The van der Waals surface area contributed by atoms with Crippen molar-refractivity contribution in [1.82, 2.24) is 0 Å². The minimum absolute atomic E-state index is 0.661. The van der Waals surface area contributed by atoms with E-state index >= 15 is 0 Å². The van der Waals surface area contributed by atoms with Crippen LogP contribution >= 0.6 is 0 Å². The van der Waals surface area contributed by atoms with Gasteiger partial charge in [0, 0.05) is 0 Å². The lowest BCUT2D eigenvalue weighted by Gasteiger charge is -2.07. The molecule has 1 atom stereocenters. The van der Waals surface area contributed by atoms with Crippen molar-refractivity contribution < 1.29 is 5.11 Å². The maximum absolute atomic E-state index is 9.49. The summed E-state index contributed by atoms with van der Waals surface area (Å²) in [5, 5.41) is 14.3. The van der Waals surface area contributed by atoms with Gasteiger partial charge in [-0.05, 0) is 52.2 Å². The predicted molar refractivity (Wildman–Crippen MR) is 71.8 cm³/mol. The van der Waals surface area contributed by atoms with E-state index in [-0.39, 0.29) is 0 Å². The molecule has 3 aromatic rings. The van der Waals surface area contributed by atoms with Gasteiger partial charge < -0.3 is 5.11 Å². The van der Waals surface area contributed by atoms with E-state index in [0.717, 1.165) is 10.9 Å². The molecule has 17 heavy (non-hydrogen) atoms. The van der Waals surface area contributed by atoms with Crippen LogP contribution in [-0.4, -0.2) is 5.11 Å². The Morgan fingerprint density at radius 1 is 0.765 bits per heavy atom. The predicted octanol–water partition coefficient (Wildman–Crippen LogP) is 3.86. The third-order valence-corrected chi connectivity index (χ3v) is 3.11. The number of hydrogen-bond donors (Lipinski definition) is 1. The zero-order chi connectivity index (χ0) is 11.8. The molecule has 0 heterocycles. The number of aliphatic hydroxyl groups is 1. The maximum atomic E-state index is 9.49. The molecule has 0 aliphatic heterocycles. The van der Waals surface area contributed by atoms with E-state index in [4.69, 9.17) is 0 Å². The van der Waals surface area contributed by atoms with Crippen LogP contribution in [0.1, 0.15) is 11.7 Å². The highest BCUT2D eigenvalue weighted by Gasteiger charge is 2.03. The second kappa shape index (κ2) is 3.86. The van der Waals surface area contributed by atoms with Crippen molar-refractivity contribution in [2.45, 2.75) is 6.10 Å². The van der Waals surface area contributed by atoms with Crippen LogP contribution < -0.4 is 0 Å². The highest BCUT2D eigenvalue weighted by molar-refractivity contribution is 5.98. The van der Waals surface area contributed by atoms with Gasteiger partial charge in [-0.25, -0.2) is 0 Å². The van der Waals surface area contributed by atoms with Crippen LogP contribution in [0, 0.1) is 6.92 Å². The minimum atomic E-state index is -0.661. The van der Waals surface area contributed by atoms with Crippen molar-refractivity contribution in [1.29, 1.82) is 0 Å². The van der Waals surface area contributed by atoms with Crippen molar-refractivity contribution in [2.75, 3.05) is 0 Å². The van der Waals surface area contributed by atoms with Crippen molar-refractivity contribution in [3.63, 3.8) is 0 Å². The molecule has 3 aromatic carbocycles. The highest BCUT2D eigenvalue weighted by Crippen LogP contribution is 2.25. The van der Waals surface area contributed by atoms with Crippen LogP contribution in [0.2, 0.25) is 0 Å². The summed E-state index contributed by atoms with van der Waals surface area (Å²) in [6.07, 6.45) is -0.661. The highest BCUT2D eigenvalue weighted by atomic mass is 16.3. The summed E-state index contributed by atoms with van der Waals surface area (Å²) in [7, 11) is 0. The summed E-state index contributed by atoms with van der Waals surface area (Å²) in [5.41, 5.74) is 0.854. The first-order valence-corrected chi connectivity index (χ1v) is 5.68. The number of aliphatic hydroxyl groups excluding tert-OH is 1. The van der Waals surface area contributed by atoms with Gasteiger partial charge in [0.1, 0.15) is 0 Å². The van der Waals surface area contributed by atoms with Crippen LogP contribution in [0.4, 0.5) is 0 Å². The summed E-state index contributed by atoms with van der Waals surface area (Å²) in [6, 6.07) is 18.6. The Bertz CT molecular complexity index is 683. The first kappa shape index (κ1) is 10.3. The Morgan fingerprint density at radius 3 is 2.00 bits per heavy atom. The standard InChI is InChI=1S/C16H13O/c1-11(17)12-6-7-15-9-13-4-2-3-5-14(13)10-16(15)8-12/h2-11,17H,1H2. The first-order valence-electron chi connectivity index (χ1n) is 5.68. The summed E-state index contributed by atoms with van der Waals surface area (Å²) < 4.78 is 0. The van der Waals surface area contributed by atoms with E-state index in [2.05, 4.69) is 31.2 Å². The molecule has 0 aliphatic carbocycles. The molecule has 0 aromatic heterocycles. The smallest absolute Gasteiger partial charge is 0.0791 e. The third kappa shape index (κ3) is 1.79. The fraction of sp³-hybridized carbons (Fsp3) is 0.0625. The molecule has 0 saturated heterocycles. The van der Waals surface area contributed by atoms with Crippen LogP contribution in [0.3, 0.4) is 0 Å². The fourth-order valence-corrected chi connectivity index (χ4v) is 2.17. The van der Waals surface area contributed by atoms with E-state index < -0.39 is 6.10 Å². The molecule has 1 radical (unpaired) electrons. The van der Waals surface area contributed by atoms with Gasteiger partial charge in [-0.15, -0.1) is 0 Å². The molecule has 0 fully saturated rings. The quantitative estimate of drug-likeness (QED) is 0.619. The molecule has 0 amide bonds. The SMILES string of the molecule is [CH2]C(O)c1ccc2cc3ccccc3cc2c1. The number of benzene rings is 3. The molecule has 1 heteroatoms. The summed E-state index contributed by atoms with van der Waals surface area (Å²) >= 11 is 0. The molecule has 0 saturated carbocycles. The molecule has 0 aliphatic rings. The van der Waals surface area contributed by atoms with Crippen LogP contribution in [0.25, 0.3) is 21.5 Å². The number of fused-ring (bicyclic) bond motifs is 2. The summed E-state index contributed by atoms with van der Waals surface area (Å²) in [5.74, 6) is 0. The topological polar surface area (TPSA) is 20.2 Å². The van der Waals surface area contributed by atoms with Crippen LogP contribution in [0.15, 0.2) is 54.6 Å². The second-order valence-electron chi connectivity index (χ2n) is 4.32. The molecular weight excluding hydrogens is 208 g/mol. The van der Waals surface area contributed by atoms with Crippen LogP contribution in [-0.2, 0) is 0 Å². The monoisotopic (exact) mass is 221 g/mol. The van der Waals surface area contributed by atoms with E-state index in [9.17, 15) is 5.11 Å². The van der Waals surface area contributed by atoms with Crippen molar-refractivity contribution >= 4 is 21.5 Å². The Morgan fingerprint density at radius 2 is 1.35 bits per heavy atom. The average Bonchev–Trinajstić information content (AvgIpc) is 2.35. The van der Waals surface area contributed by atoms with Gasteiger partial charge in [-0.1, -0.05) is 36.4 Å². The van der Waals surface area contributed by atoms with Crippen LogP contribution in [0.5, 0.6) is 0 Å².